The van der Waals surface area contributed by atoms with Crippen molar-refractivity contribution in [2.24, 2.45) is 7.05 Å². The molecule has 0 amide bonds. The third-order valence-electron chi connectivity index (χ3n) is 3.77. The fourth-order valence-electron chi connectivity index (χ4n) is 2.65. The van der Waals surface area contributed by atoms with E-state index in [1.807, 2.05) is 24.0 Å². The van der Waals surface area contributed by atoms with Crippen LogP contribution < -0.4 is 0 Å². The second-order valence-electron chi connectivity index (χ2n) is 5.70. The van der Waals surface area contributed by atoms with E-state index in [1.54, 1.807) is 0 Å². The summed E-state index contributed by atoms with van der Waals surface area (Å²) in [7, 11) is 1.96. The molecule has 0 spiro atoms. The van der Waals surface area contributed by atoms with Crippen LogP contribution in [0.15, 0.2) is 60.8 Å². The third-order valence-corrected chi connectivity index (χ3v) is 3.77. The Kier molecular flexibility index (Phi) is 3.61. The first-order chi connectivity index (χ1) is 10.1. The number of benzene rings is 2. The Morgan fingerprint density at radius 3 is 2.29 bits per heavy atom. The van der Waals surface area contributed by atoms with Gasteiger partial charge in [-0.05, 0) is 34.7 Å². The highest BCUT2D eigenvalue weighted by molar-refractivity contribution is 5.74. The van der Waals surface area contributed by atoms with Gasteiger partial charge in [-0.1, -0.05) is 56.3 Å². The molecule has 21 heavy (non-hydrogen) atoms. The molecule has 0 unspecified atom stereocenters. The van der Waals surface area contributed by atoms with Crippen LogP contribution >= 0.6 is 0 Å². The maximum Gasteiger partial charge on any atom is 0.0926 e. The zero-order valence-corrected chi connectivity index (χ0v) is 12.7. The highest BCUT2D eigenvalue weighted by Gasteiger charge is 2.12. The van der Waals surface area contributed by atoms with E-state index in [9.17, 15) is 0 Å². The number of nitrogens with zero attached hydrogens (tertiary/aromatic N) is 2. The van der Waals surface area contributed by atoms with Crippen LogP contribution in [-0.2, 0) is 7.05 Å². The molecule has 0 saturated heterocycles. The summed E-state index contributed by atoms with van der Waals surface area (Å²) in [6.45, 7) is 4.45. The lowest BCUT2D eigenvalue weighted by atomic mass is 9.92. The molecule has 0 fully saturated rings. The minimum atomic E-state index is 0.479. The summed E-state index contributed by atoms with van der Waals surface area (Å²) in [6.07, 6.45) is 1.99. The Bertz CT molecular complexity index is 739. The summed E-state index contributed by atoms with van der Waals surface area (Å²) in [5.74, 6) is 0.479. The number of aryl methyl sites for hydroxylation is 1. The summed E-state index contributed by atoms with van der Waals surface area (Å²) in [5, 5.41) is 4.58. The predicted octanol–water partition coefficient (Wildman–Crippen LogP) is 4.88. The van der Waals surface area contributed by atoms with Crippen LogP contribution in [0.5, 0.6) is 0 Å². The van der Waals surface area contributed by atoms with Gasteiger partial charge in [0, 0.05) is 18.8 Å². The van der Waals surface area contributed by atoms with Gasteiger partial charge in [0.2, 0.25) is 0 Å². The van der Waals surface area contributed by atoms with E-state index in [4.69, 9.17) is 0 Å². The van der Waals surface area contributed by atoms with E-state index in [0.29, 0.717) is 5.92 Å². The maximum atomic E-state index is 4.58. The summed E-state index contributed by atoms with van der Waals surface area (Å²) in [6, 6.07) is 19.3. The third kappa shape index (κ3) is 2.75. The smallest absolute Gasteiger partial charge is 0.0926 e. The van der Waals surface area contributed by atoms with Gasteiger partial charge in [-0.15, -0.1) is 0 Å². The van der Waals surface area contributed by atoms with Gasteiger partial charge in [0.05, 0.1) is 5.69 Å². The van der Waals surface area contributed by atoms with Crippen molar-refractivity contribution in [3.8, 4) is 22.4 Å². The standard InChI is InChI=1S/C19H20N2/c1-14(2)17-10-9-16(15-7-5-4-6-8-15)13-18(17)19-11-12-21(3)20-19/h4-14H,1-3H3. The molecule has 3 aromatic rings. The predicted molar refractivity (Wildman–Crippen MR) is 88.2 cm³/mol. The lowest BCUT2D eigenvalue weighted by Crippen LogP contribution is -1.95. The molecule has 0 aliphatic carbocycles. The summed E-state index contributed by atoms with van der Waals surface area (Å²) >= 11 is 0. The summed E-state index contributed by atoms with van der Waals surface area (Å²) < 4.78 is 1.86. The van der Waals surface area contributed by atoms with Crippen LogP contribution in [0.2, 0.25) is 0 Å². The molecule has 0 saturated carbocycles. The van der Waals surface area contributed by atoms with Crippen molar-refractivity contribution in [3.63, 3.8) is 0 Å². The molecular formula is C19H20N2. The Morgan fingerprint density at radius 2 is 1.67 bits per heavy atom. The fraction of sp³-hybridized carbons (Fsp3) is 0.211. The van der Waals surface area contributed by atoms with Crippen molar-refractivity contribution in [1.29, 1.82) is 0 Å². The average Bonchev–Trinajstić information content (AvgIpc) is 2.94. The van der Waals surface area contributed by atoms with Gasteiger partial charge in [-0.25, -0.2) is 0 Å². The first-order valence-electron chi connectivity index (χ1n) is 7.34. The summed E-state index contributed by atoms with van der Waals surface area (Å²) in [4.78, 5) is 0. The first kappa shape index (κ1) is 13.6. The molecule has 2 heteroatoms. The van der Waals surface area contributed by atoms with Crippen LogP contribution in [0.3, 0.4) is 0 Å². The van der Waals surface area contributed by atoms with Gasteiger partial charge in [-0.3, -0.25) is 4.68 Å². The van der Waals surface area contributed by atoms with Crippen molar-refractivity contribution < 1.29 is 0 Å². The lowest BCUT2D eigenvalue weighted by molar-refractivity contribution is 0.769. The van der Waals surface area contributed by atoms with E-state index in [-0.39, 0.29) is 0 Å². The van der Waals surface area contributed by atoms with Gasteiger partial charge in [-0.2, -0.15) is 5.10 Å². The number of rotatable bonds is 3. The quantitative estimate of drug-likeness (QED) is 0.667. The van der Waals surface area contributed by atoms with Crippen molar-refractivity contribution in [3.05, 3.63) is 66.4 Å². The molecule has 106 valence electrons. The van der Waals surface area contributed by atoms with Gasteiger partial charge < -0.3 is 0 Å². The fourth-order valence-corrected chi connectivity index (χ4v) is 2.65. The zero-order chi connectivity index (χ0) is 14.8. The van der Waals surface area contributed by atoms with Crippen molar-refractivity contribution in [2.75, 3.05) is 0 Å². The minimum absolute atomic E-state index is 0.479. The molecule has 0 aliphatic heterocycles. The monoisotopic (exact) mass is 276 g/mol. The Morgan fingerprint density at radius 1 is 0.905 bits per heavy atom. The highest BCUT2D eigenvalue weighted by Crippen LogP contribution is 2.32. The van der Waals surface area contributed by atoms with E-state index >= 15 is 0 Å². The van der Waals surface area contributed by atoms with Gasteiger partial charge in [0.1, 0.15) is 0 Å². The SMILES string of the molecule is CC(C)c1ccc(-c2ccccc2)cc1-c1ccn(C)n1. The Hall–Kier alpha value is -2.35. The van der Waals surface area contributed by atoms with Gasteiger partial charge >= 0.3 is 0 Å². The van der Waals surface area contributed by atoms with Crippen LogP contribution in [0.1, 0.15) is 25.3 Å². The molecule has 2 aromatic carbocycles. The van der Waals surface area contributed by atoms with E-state index in [2.05, 4.69) is 67.5 Å². The molecule has 1 aromatic heterocycles. The first-order valence-corrected chi connectivity index (χ1v) is 7.34. The second-order valence-corrected chi connectivity index (χ2v) is 5.70. The van der Waals surface area contributed by atoms with Crippen LogP contribution in [0.25, 0.3) is 22.4 Å². The van der Waals surface area contributed by atoms with Gasteiger partial charge in [0.15, 0.2) is 0 Å². The second kappa shape index (κ2) is 5.57. The zero-order valence-electron chi connectivity index (χ0n) is 12.7. The van der Waals surface area contributed by atoms with Crippen LogP contribution in [-0.4, -0.2) is 9.78 Å². The number of hydrogen-bond donors (Lipinski definition) is 0. The summed E-state index contributed by atoms with van der Waals surface area (Å²) in [5.41, 5.74) is 6.09. The van der Waals surface area contributed by atoms with Crippen molar-refractivity contribution in [2.45, 2.75) is 19.8 Å². The molecule has 0 N–H and O–H groups in total. The Labute approximate surface area is 126 Å². The molecule has 0 radical (unpaired) electrons. The van der Waals surface area contributed by atoms with Crippen molar-refractivity contribution in [1.82, 2.24) is 9.78 Å². The molecule has 0 atom stereocenters. The molecule has 1 heterocycles. The highest BCUT2D eigenvalue weighted by atomic mass is 15.2. The molecule has 2 nitrogen and oxygen atoms in total. The molecule has 0 bridgehead atoms. The largest absolute Gasteiger partial charge is 0.275 e. The molecule has 3 rings (SSSR count). The van der Waals surface area contributed by atoms with Crippen molar-refractivity contribution >= 4 is 0 Å². The topological polar surface area (TPSA) is 17.8 Å². The Balaban J connectivity index is 2.15. The lowest BCUT2D eigenvalue weighted by Gasteiger charge is -2.13. The molecule has 0 aliphatic rings. The van der Waals surface area contributed by atoms with Gasteiger partial charge in [0.25, 0.3) is 0 Å². The van der Waals surface area contributed by atoms with E-state index < -0.39 is 0 Å². The number of hydrogen-bond acceptors (Lipinski definition) is 1. The van der Waals surface area contributed by atoms with E-state index in [1.165, 1.54) is 22.3 Å². The normalized spacial score (nSPS) is 11.0. The average molecular weight is 276 g/mol. The number of aromatic nitrogens is 2. The molecular weight excluding hydrogens is 256 g/mol. The maximum absolute atomic E-state index is 4.58. The van der Waals surface area contributed by atoms with Crippen LogP contribution in [0, 0.1) is 0 Å². The van der Waals surface area contributed by atoms with Crippen LogP contribution in [0.4, 0.5) is 0 Å². The minimum Gasteiger partial charge on any atom is -0.275 e. The van der Waals surface area contributed by atoms with E-state index in [0.717, 1.165) is 5.69 Å².